The van der Waals surface area contributed by atoms with Crippen LogP contribution < -0.4 is 28.4 Å². The molecule has 0 aromatic heterocycles. The normalized spacial score (nSPS) is 13.8. The molecular formula is C72H96O6. The van der Waals surface area contributed by atoms with Crippen molar-refractivity contribution in [2.24, 2.45) is 0 Å². The standard InChI is InChI=1S/C72H96O6/c1-67(2,3)55-31-43-25-45-33-56(68(4,5)6)35-47(62(45)74-20)27-49-37-58(70(10,11)12)39-51(64(49)76-22)29-53-41-60(72(16,17)18)42-54(66(53)78-24)30-52-40-59(71(13,14)15)38-50(65(52)77-23)28-48-36-57(69(7,8)9)34-46(63(48)75-21)26-44(32-55)61(43)73-19/h31-42H,25-30H2,1-24H3. The molecule has 0 heterocycles. The molecular weight excluding hydrogens is 961 g/mol. The van der Waals surface area contributed by atoms with Gasteiger partial charge in [0.25, 0.3) is 0 Å². The molecule has 0 saturated heterocycles. The van der Waals surface area contributed by atoms with Crippen molar-refractivity contribution < 1.29 is 28.4 Å². The van der Waals surface area contributed by atoms with Gasteiger partial charge in [-0.15, -0.1) is 0 Å². The van der Waals surface area contributed by atoms with E-state index in [2.05, 4.69) is 197 Å². The first kappa shape index (κ1) is 59.8. The Labute approximate surface area is 472 Å². The number of hydrogen-bond acceptors (Lipinski definition) is 6. The van der Waals surface area contributed by atoms with E-state index in [-0.39, 0.29) is 32.5 Å². The average molecular weight is 1060 g/mol. The lowest BCUT2D eigenvalue weighted by molar-refractivity contribution is 0.394. The molecule has 1 aliphatic rings. The molecule has 0 saturated carbocycles. The highest BCUT2D eigenvalue weighted by molar-refractivity contribution is 5.61. The molecule has 6 aromatic carbocycles. The van der Waals surface area contributed by atoms with Gasteiger partial charge in [-0.2, -0.15) is 0 Å². The minimum absolute atomic E-state index is 0.152. The molecule has 0 spiro atoms. The largest absolute Gasteiger partial charge is 0.496 e. The molecule has 0 fully saturated rings. The van der Waals surface area contributed by atoms with E-state index in [0.29, 0.717) is 38.5 Å². The van der Waals surface area contributed by atoms with Gasteiger partial charge in [-0.05, 0) is 133 Å². The van der Waals surface area contributed by atoms with Crippen molar-refractivity contribution >= 4 is 0 Å². The quantitative estimate of drug-likeness (QED) is 0.165. The number of rotatable bonds is 6. The third-order valence-electron chi connectivity index (χ3n) is 16.2. The zero-order valence-corrected chi connectivity index (χ0v) is 52.6. The summed E-state index contributed by atoms with van der Waals surface area (Å²) in [5.41, 5.74) is 20.0. The topological polar surface area (TPSA) is 55.4 Å². The molecule has 0 unspecified atom stereocenters. The molecule has 1 aliphatic carbocycles. The molecule has 0 atom stereocenters. The molecule has 0 radical (unpaired) electrons. The summed E-state index contributed by atoms with van der Waals surface area (Å²) in [6.07, 6.45) is 3.63. The SMILES string of the molecule is COc1c2cc(C(C)(C)C)cc1Cc1cc(C(C)(C)C)cc(c1OC)Cc1cc(C(C)(C)C)cc(c1OC)Cc1cc(C(C)(C)C)cc(c1OC)Cc1cc(C(C)(C)C)cc(c1OC)Cc1cc(C(C)(C)C)cc(c1OC)C2. The summed E-state index contributed by atoms with van der Waals surface area (Å²) < 4.78 is 39.8. The zero-order chi connectivity index (χ0) is 57.8. The van der Waals surface area contributed by atoms with Gasteiger partial charge >= 0.3 is 0 Å². The molecule has 7 rings (SSSR count). The molecule has 6 nitrogen and oxygen atoms in total. The van der Waals surface area contributed by atoms with Crippen LogP contribution in [0.5, 0.6) is 34.5 Å². The van der Waals surface area contributed by atoms with E-state index in [1.807, 2.05) is 42.7 Å². The molecule has 78 heavy (non-hydrogen) atoms. The van der Waals surface area contributed by atoms with Crippen molar-refractivity contribution in [2.75, 3.05) is 42.7 Å². The first-order valence-corrected chi connectivity index (χ1v) is 28.3. The van der Waals surface area contributed by atoms with Gasteiger partial charge in [0.1, 0.15) is 34.5 Å². The van der Waals surface area contributed by atoms with Crippen LogP contribution in [-0.2, 0) is 71.0 Å². The van der Waals surface area contributed by atoms with Crippen LogP contribution in [0.2, 0.25) is 0 Å². The van der Waals surface area contributed by atoms with Crippen LogP contribution in [0.15, 0.2) is 72.8 Å². The predicted molar refractivity (Wildman–Crippen MR) is 327 cm³/mol. The summed E-state index contributed by atoms with van der Waals surface area (Å²) in [6.45, 7) is 41.4. The van der Waals surface area contributed by atoms with Gasteiger partial charge in [0, 0.05) is 38.5 Å². The van der Waals surface area contributed by atoms with E-state index in [4.69, 9.17) is 28.4 Å². The van der Waals surface area contributed by atoms with Gasteiger partial charge in [0.15, 0.2) is 0 Å². The molecule has 0 N–H and O–H groups in total. The molecule has 0 amide bonds. The van der Waals surface area contributed by atoms with Crippen LogP contribution in [-0.4, -0.2) is 42.7 Å². The predicted octanol–water partition coefficient (Wildman–Crippen LogP) is 17.4. The highest BCUT2D eigenvalue weighted by atomic mass is 16.5. The highest BCUT2D eigenvalue weighted by Gasteiger charge is 2.31. The van der Waals surface area contributed by atoms with E-state index >= 15 is 0 Å². The number of hydrogen-bond donors (Lipinski definition) is 0. The second kappa shape index (κ2) is 22.0. The van der Waals surface area contributed by atoms with Gasteiger partial charge in [-0.1, -0.05) is 197 Å². The third kappa shape index (κ3) is 12.7. The van der Waals surface area contributed by atoms with Crippen molar-refractivity contribution in [3.8, 4) is 34.5 Å². The number of benzene rings is 6. The molecule has 0 aliphatic heterocycles. The molecule has 12 bridgehead atoms. The second-order valence-corrected chi connectivity index (χ2v) is 28.5. The van der Waals surface area contributed by atoms with Gasteiger partial charge in [-0.3, -0.25) is 0 Å². The second-order valence-electron chi connectivity index (χ2n) is 28.5. The van der Waals surface area contributed by atoms with E-state index in [1.165, 1.54) is 33.4 Å². The smallest absolute Gasteiger partial charge is 0.125 e. The van der Waals surface area contributed by atoms with Crippen LogP contribution in [0.4, 0.5) is 0 Å². The first-order valence-electron chi connectivity index (χ1n) is 28.3. The summed E-state index contributed by atoms with van der Waals surface area (Å²) in [4.78, 5) is 0. The monoisotopic (exact) mass is 1060 g/mol. The Morgan fingerprint density at radius 3 is 0.346 bits per heavy atom. The lowest BCUT2D eigenvalue weighted by Crippen LogP contribution is -2.17. The summed E-state index contributed by atoms with van der Waals surface area (Å²) in [5, 5.41) is 0. The summed E-state index contributed by atoms with van der Waals surface area (Å²) in [6, 6.07) is 28.4. The maximum Gasteiger partial charge on any atom is 0.125 e. The summed E-state index contributed by atoms with van der Waals surface area (Å²) in [7, 11) is 10.9. The van der Waals surface area contributed by atoms with Crippen LogP contribution >= 0.6 is 0 Å². The lowest BCUT2D eigenvalue weighted by Gasteiger charge is -2.28. The van der Waals surface area contributed by atoms with Crippen LogP contribution in [0.25, 0.3) is 0 Å². The number of ether oxygens (including phenoxy) is 6. The Kier molecular flexibility index (Phi) is 16.8. The number of fused-ring (bicyclic) bond motifs is 12. The maximum absolute atomic E-state index is 6.64. The van der Waals surface area contributed by atoms with Gasteiger partial charge < -0.3 is 28.4 Å². The number of methoxy groups -OCH3 is 6. The Bertz CT molecular complexity index is 2480. The fourth-order valence-corrected chi connectivity index (χ4v) is 11.5. The van der Waals surface area contributed by atoms with Crippen LogP contribution in [0, 0.1) is 0 Å². The Balaban J connectivity index is 1.66. The van der Waals surface area contributed by atoms with Crippen molar-refractivity contribution in [1.29, 1.82) is 0 Å². The van der Waals surface area contributed by atoms with E-state index in [0.717, 1.165) is 101 Å². The average Bonchev–Trinajstić information content (AvgIpc) is 3.38. The first-order chi connectivity index (χ1) is 36.1. The highest BCUT2D eigenvalue weighted by Crippen LogP contribution is 2.46. The minimum atomic E-state index is -0.152. The summed E-state index contributed by atoms with van der Waals surface area (Å²) >= 11 is 0. The third-order valence-corrected chi connectivity index (χ3v) is 16.2. The minimum Gasteiger partial charge on any atom is -0.496 e. The molecule has 6 heteroatoms. The maximum atomic E-state index is 6.64. The molecule has 420 valence electrons. The Morgan fingerprint density at radius 1 is 0.192 bits per heavy atom. The van der Waals surface area contributed by atoms with Crippen LogP contribution in [0.1, 0.15) is 225 Å². The van der Waals surface area contributed by atoms with Gasteiger partial charge in [-0.25, -0.2) is 0 Å². The fourth-order valence-electron chi connectivity index (χ4n) is 11.5. The van der Waals surface area contributed by atoms with E-state index < -0.39 is 0 Å². The lowest BCUT2D eigenvalue weighted by atomic mass is 9.79. The zero-order valence-electron chi connectivity index (χ0n) is 52.6. The van der Waals surface area contributed by atoms with Gasteiger partial charge in [0.2, 0.25) is 0 Å². The van der Waals surface area contributed by atoms with E-state index in [9.17, 15) is 0 Å². The van der Waals surface area contributed by atoms with Crippen molar-refractivity contribution in [2.45, 2.75) is 196 Å². The van der Waals surface area contributed by atoms with Crippen LogP contribution in [0.3, 0.4) is 0 Å². The van der Waals surface area contributed by atoms with Crippen molar-refractivity contribution in [1.82, 2.24) is 0 Å². The Morgan fingerprint density at radius 2 is 0.282 bits per heavy atom. The van der Waals surface area contributed by atoms with E-state index in [1.54, 1.807) is 0 Å². The van der Waals surface area contributed by atoms with Gasteiger partial charge in [0.05, 0.1) is 42.7 Å². The summed E-state index contributed by atoms with van der Waals surface area (Å²) in [5.74, 6) is 5.30. The van der Waals surface area contributed by atoms with Crippen molar-refractivity contribution in [3.63, 3.8) is 0 Å². The Hall–Kier alpha value is -5.88. The molecule has 6 aromatic rings. The fraction of sp³-hybridized carbons (Fsp3) is 0.500. The van der Waals surface area contributed by atoms with Crippen molar-refractivity contribution in [3.05, 3.63) is 173 Å².